The second kappa shape index (κ2) is 4.61. The average molecular weight is 114 g/mol. The molecule has 0 radical (unpaired) electrons. The second-order valence-corrected chi connectivity index (χ2v) is 2.61. The van der Waals surface area contributed by atoms with Gasteiger partial charge in [0.15, 0.2) is 0 Å². The molecule has 48 valence electrons. The third-order valence-corrected chi connectivity index (χ3v) is 0.949. The van der Waals surface area contributed by atoms with Crippen LogP contribution in [0.25, 0.3) is 0 Å². The molecule has 0 rings (SSSR count). The van der Waals surface area contributed by atoms with Crippen molar-refractivity contribution in [2.45, 2.75) is 6.92 Å². The molecule has 0 fully saturated rings. The van der Waals surface area contributed by atoms with E-state index >= 15 is 0 Å². The summed E-state index contributed by atoms with van der Waals surface area (Å²) >= 11 is 0. The molecule has 0 aliphatic heterocycles. The Hall–Kier alpha value is -0.550. The molecule has 0 unspecified atom stereocenters. The standard InChI is InChI=1S/C5H14N.CN/c1-5-6(2,3)4;1-2/h5H2,1-4H3;/q+1;-1. The van der Waals surface area contributed by atoms with Gasteiger partial charge in [0.05, 0.1) is 27.7 Å². The molecule has 0 saturated heterocycles. The van der Waals surface area contributed by atoms with Crippen molar-refractivity contribution < 1.29 is 4.48 Å². The van der Waals surface area contributed by atoms with E-state index in [2.05, 4.69) is 28.1 Å². The van der Waals surface area contributed by atoms with Crippen LogP contribution in [0.1, 0.15) is 6.92 Å². The summed E-state index contributed by atoms with van der Waals surface area (Å²) in [7, 11) is 6.54. The van der Waals surface area contributed by atoms with Crippen molar-refractivity contribution in [2.75, 3.05) is 27.7 Å². The van der Waals surface area contributed by atoms with Crippen LogP contribution in [0.5, 0.6) is 0 Å². The molecule has 0 aromatic rings. The summed E-state index contributed by atoms with van der Waals surface area (Å²) < 4.78 is 1.07. The molecule has 8 heavy (non-hydrogen) atoms. The largest absolute Gasteiger partial charge is 0.512 e. The molecule has 0 N–H and O–H groups in total. The van der Waals surface area contributed by atoms with E-state index in [0.717, 1.165) is 4.48 Å². The van der Waals surface area contributed by atoms with Gasteiger partial charge >= 0.3 is 0 Å². The van der Waals surface area contributed by atoms with Crippen LogP contribution in [0.2, 0.25) is 0 Å². The Labute approximate surface area is 51.9 Å². The summed E-state index contributed by atoms with van der Waals surface area (Å²) in [5.41, 5.74) is 0. The first-order valence-corrected chi connectivity index (χ1v) is 2.59. The second-order valence-electron chi connectivity index (χ2n) is 2.61. The maximum Gasteiger partial charge on any atom is 0.0751 e. The van der Waals surface area contributed by atoms with Crippen molar-refractivity contribution in [2.24, 2.45) is 0 Å². The monoisotopic (exact) mass is 114 g/mol. The minimum Gasteiger partial charge on any atom is -0.512 e. The fourth-order valence-corrected chi connectivity index (χ4v) is 0. The topological polar surface area (TPSA) is 23.8 Å². The van der Waals surface area contributed by atoms with Crippen molar-refractivity contribution in [3.05, 3.63) is 6.57 Å². The molecule has 0 aromatic carbocycles. The molecule has 0 aliphatic rings. The summed E-state index contributed by atoms with van der Waals surface area (Å²) in [4.78, 5) is 0. The van der Waals surface area contributed by atoms with Crippen molar-refractivity contribution in [1.29, 1.82) is 5.26 Å². The van der Waals surface area contributed by atoms with Crippen LogP contribution in [0.4, 0.5) is 0 Å². The Balaban J connectivity index is 0. The number of quaternary nitrogens is 1. The lowest BCUT2D eigenvalue weighted by Gasteiger charge is -2.20. The molecule has 2 nitrogen and oxygen atoms in total. The zero-order valence-corrected chi connectivity index (χ0v) is 6.10. The zero-order valence-electron chi connectivity index (χ0n) is 6.10. The molecule has 0 aliphatic carbocycles. The average Bonchev–Trinajstić information content (AvgIpc) is 1.71. The van der Waals surface area contributed by atoms with Gasteiger partial charge in [0.1, 0.15) is 0 Å². The number of nitrogens with zero attached hydrogens (tertiary/aromatic N) is 2. The highest BCUT2D eigenvalue weighted by atomic mass is 15.3. The van der Waals surface area contributed by atoms with Gasteiger partial charge in [0.2, 0.25) is 0 Å². The van der Waals surface area contributed by atoms with Crippen LogP contribution in [0.15, 0.2) is 0 Å². The molecular formula is C6H14N2. The predicted octanol–water partition coefficient (Wildman–Crippen LogP) is 0.809. The lowest BCUT2D eigenvalue weighted by Crippen LogP contribution is -2.33. The highest BCUT2D eigenvalue weighted by molar-refractivity contribution is 4.06. The minimum atomic E-state index is 1.07. The first kappa shape index (κ1) is 10.4. The quantitative estimate of drug-likeness (QED) is 0.365. The van der Waals surface area contributed by atoms with Gasteiger partial charge in [-0.3, -0.25) is 0 Å². The molecule has 0 amide bonds. The Morgan fingerprint density at radius 3 is 1.38 bits per heavy atom. The van der Waals surface area contributed by atoms with Gasteiger partial charge in [-0.1, -0.05) is 0 Å². The predicted molar refractivity (Wildman–Crippen MR) is 33.5 cm³/mol. The summed E-state index contributed by atoms with van der Waals surface area (Å²) in [6, 6.07) is 0. The van der Waals surface area contributed by atoms with Crippen LogP contribution in [0.3, 0.4) is 0 Å². The SMILES string of the molecule is CC[N+](C)(C)C.[C-]#N. The lowest BCUT2D eigenvalue weighted by atomic mass is 10.6. The van der Waals surface area contributed by atoms with Crippen LogP contribution in [-0.4, -0.2) is 32.2 Å². The van der Waals surface area contributed by atoms with E-state index < -0.39 is 0 Å². The Morgan fingerprint density at radius 1 is 1.25 bits per heavy atom. The smallest absolute Gasteiger partial charge is 0.0751 e. The summed E-state index contributed by atoms with van der Waals surface area (Å²) in [6.45, 7) is 8.14. The van der Waals surface area contributed by atoms with E-state index in [-0.39, 0.29) is 0 Å². The van der Waals surface area contributed by atoms with Crippen molar-refractivity contribution >= 4 is 0 Å². The fraction of sp³-hybridized carbons (Fsp3) is 0.833. The molecule has 2 heteroatoms. The van der Waals surface area contributed by atoms with E-state index in [9.17, 15) is 0 Å². The minimum absolute atomic E-state index is 1.07. The van der Waals surface area contributed by atoms with Gasteiger partial charge in [0.25, 0.3) is 0 Å². The first-order valence-electron chi connectivity index (χ1n) is 2.59. The van der Waals surface area contributed by atoms with E-state index in [0.29, 0.717) is 0 Å². The van der Waals surface area contributed by atoms with Gasteiger partial charge < -0.3 is 16.3 Å². The van der Waals surface area contributed by atoms with Gasteiger partial charge in [-0.2, -0.15) is 0 Å². The van der Waals surface area contributed by atoms with Crippen molar-refractivity contribution in [3.63, 3.8) is 0 Å². The maximum absolute atomic E-state index is 6.25. The van der Waals surface area contributed by atoms with Crippen molar-refractivity contribution in [3.8, 4) is 0 Å². The van der Waals surface area contributed by atoms with Gasteiger partial charge in [-0.05, 0) is 6.92 Å². The van der Waals surface area contributed by atoms with Crippen LogP contribution in [-0.2, 0) is 0 Å². The fourth-order valence-electron chi connectivity index (χ4n) is 0. The summed E-state index contributed by atoms with van der Waals surface area (Å²) in [5.74, 6) is 0. The normalized spacial score (nSPS) is 9.25. The molecule has 0 aromatic heterocycles. The van der Waals surface area contributed by atoms with E-state index in [1.54, 1.807) is 0 Å². The molecule has 0 saturated carbocycles. The van der Waals surface area contributed by atoms with Gasteiger partial charge in [0, 0.05) is 0 Å². The third kappa shape index (κ3) is 18.0. The van der Waals surface area contributed by atoms with Gasteiger partial charge in [-0.25, -0.2) is 0 Å². The van der Waals surface area contributed by atoms with Crippen LogP contribution < -0.4 is 0 Å². The highest BCUT2D eigenvalue weighted by Crippen LogP contribution is 1.83. The summed E-state index contributed by atoms with van der Waals surface area (Å²) in [6.07, 6.45) is 0. The van der Waals surface area contributed by atoms with E-state index in [4.69, 9.17) is 11.8 Å². The van der Waals surface area contributed by atoms with E-state index in [1.807, 2.05) is 0 Å². The third-order valence-electron chi connectivity index (χ3n) is 0.949. The van der Waals surface area contributed by atoms with Crippen LogP contribution in [0, 0.1) is 11.8 Å². The molecular weight excluding hydrogens is 100 g/mol. The summed E-state index contributed by atoms with van der Waals surface area (Å²) in [5, 5.41) is 6.25. The first-order chi connectivity index (χ1) is 3.56. The van der Waals surface area contributed by atoms with E-state index in [1.165, 1.54) is 6.54 Å². The van der Waals surface area contributed by atoms with Crippen LogP contribution >= 0.6 is 0 Å². The Bertz CT molecular complexity index is 58.7. The van der Waals surface area contributed by atoms with Crippen molar-refractivity contribution in [1.82, 2.24) is 0 Å². The Morgan fingerprint density at radius 2 is 1.38 bits per heavy atom. The molecule has 0 heterocycles. The maximum atomic E-state index is 6.25. The zero-order chi connectivity index (χ0) is 7.21. The Kier molecular flexibility index (Phi) is 6.01. The number of rotatable bonds is 1. The lowest BCUT2D eigenvalue weighted by molar-refractivity contribution is -0.868. The molecule has 0 atom stereocenters. The number of hydrogen-bond acceptors (Lipinski definition) is 1. The highest BCUT2D eigenvalue weighted by Gasteiger charge is 1.97. The molecule has 0 bridgehead atoms. The molecule has 0 spiro atoms. The van der Waals surface area contributed by atoms with Gasteiger partial charge in [-0.15, -0.1) is 0 Å². The number of hydrogen-bond donors (Lipinski definition) is 0.